The lowest BCUT2D eigenvalue weighted by molar-refractivity contribution is -0.00846. The number of carbonyl (C=O) groups is 1. The summed E-state index contributed by atoms with van der Waals surface area (Å²) in [5.41, 5.74) is 1.98. The molecule has 0 fully saturated rings. The van der Waals surface area contributed by atoms with Gasteiger partial charge < -0.3 is 18.9 Å². The number of aryl methyl sites for hydroxylation is 1. The Morgan fingerprint density at radius 1 is 1.18 bits per heavy atom. The van der Waals surface area contributed by atoms with Crippen LogP contribution < -0.4 is 4.74 Å². The van der Waals surface area contributed by atoms with Gasteiger partial charge in [0, 0.05) is 18.7 Å². The predicted molar refractivity (Wildman–Crippen MR) is 81.1 cm³/mol. The van der Waals surface area contributed by atoms with Crippen LogP contribution in [0.4, 0.5) is 0 Å². The molecule has 0 bridgehead atoms. The number of benzene rings is 1. The standard InChI is InChI=1S/C16H19NO5/c1-11-6-7-17-14-12(11)4-5-13(16(18)20-3)15(14)22-10-21-9-8-19-2/h4-7H,8-10H2,1-3H3. The van der Waals surface area contributed by atoms with Gasteiger partial charge in [0.25, 0.3) is 0 Å². The molecule has 2 rings (SSSR count). The zero-order chi connectivity index (χ0) is 15.9. The fourth-order valence-electron chi connectivity index (χ4n) is 2.05. The second kappa shape index (κ2) is 7.72. The molecule has 1 heterocycles. The Balaban J connectivity index is 2.33. The molecule has 1 aromatic heterocycles. The van der Waals surface area contributed by atoms with Gasteiger partial charge in [0.05, 0.1) is 20.3 Å². The van der Waals surface area contributed by atoms with Gasteiger partial charge in [-0.2, -0.15) is 0 Å². The molecule has 0 radical (unpaired) electrons. The number of esters is 1. The van der Waals surface area contributed by atoms with Crippen LogP contribution in [0.15, 0.2) is 24.4 Å². The summed E-state index contributed by atoms with van der Waals surface area (Å²) in [6.07, 6.45) is 1.68. The van der Waals surface area contributed by atoms with E-state index in [4.69, 9.17) is 18.9 Å². The Labute approximate surface area is 129 Å². The third kappa shape index (κ3) is 3.52. The number of carbonyl (C=O) groups excluding carboxylic acids is 1. The Hall–Kier alpha value is -2.18. The van der Waals surface area contributed by atoms with E-state index in [1.165, 1.54) is 7.11 Å². The van der Waals surface area contributed by atoms with Gasteiger partial charge in [-0.25, -0.2) is 4.79 Å². The maximum atomic E-state index is 11.9. The molecule has 0 saturated carbocycles. The van der Waals surface area contributed by atoms with Gasteiger partial charge in [0.1, 0.15) is 11.1 Å². The van der Waals surface area contributed by atoms with E-state index in [0.717, 1.165) is 10.9 Å². The normalized spacial score (nSPS) is 10.7. The molecule has 0 N–H and O–H groups in total. The smallest absolute Gasteiger partial charge is 0.341 e. The summed E-state index contributed by atoms with van der Waals surface area (Å²) in [4.78, 5) is 16.2. The molecule has 0 aliphatic carbocycles. The minimum absolute atomic E-state index is 0.00207. The van der Waals surface area contributed by atoms with Crippen LogP contribution in [0.2, 0.25) is 0 Å². The van der Waals surface area contributed by atoms with Crippen LogP contribution in [0, 0.1) is 6.92 Å². The van der Waals surface area contributed by atoms with Crippen LogP contribution in [0.25, 0.3) is 10.9 Å². The highest BCUT2D eigenvalue weighted by molar-refractivity contribution is 6.00. The highest BCUT2D eigenvalue weighted by atomic mass is 16.7. The SMILES string of the molecule is COCCOCOc1c(C(=O)OC)ccc2c(C)ccnc12. The lowest BCUT2D eigenvalue weighted by Gasteiger charge is -2.13. The molecule has 0 saturated heterocycles. The molecule has 6 nitrogen and oxygen atoms in total. The molecule has 0 spiro atoms. The molecule has 6 heteroatoms. The molecule has 0 unspecified atom stereocenters. The van der Waals surface area contributed by atoms with Gasteiger partial charge in [-0.05, 0) is 24.6 Å². The minimum Gasteiger partial charge on any atom is -0.465 e. The van der Waals surface area contributed by atoms with Crippen molar-refractivity contribution in [3.63, 3.8) is 0 Å². The van der Waals surface area contributed by atoms with Crippen LogP contribution in [0.5, 0.6) is 5.75 Å². The maximum absolute atomic E-state index is 11.9. The van der Waals surface area contributed by atoms with Gasteiger partial charge >= 0.3 is 5.97 Å². The van der Waals surface area contributed by atoms with E-state index in [0.29, 0.717) is 30.0 Å². The number of nitrogens with zero attached hydrogens (tertiary/aromatic N) is 1. The molecular weight excluding hydrogens is 286 g/mol. The fraction of sp³-hybridized carbons (Fsp3) is 0.375. The Kier molecular flexibility index (Phi) is 5.68. The van der Waals surface area contributed by atoms with E-state index < -0.39 is 5.97 Å². The highest BCUT2D eigenvalue weighted by Crippen LogP contribution is 2.30. The number of fused-ring (bicyclic) bond motifs is 1. The van der Waals surface area contributed by atoms with Crippen molar-refractivity contribution in [2.75, 3.05) is 34.2 Å². The summed E-state index contributed by atoms with van der Waals surface area (Å²) in [6, 6.07) is 5.41. The van der Waals surface area contributed by atoms with Crippen molar-refractivity contribution in [2.45, 2.75) is 6.92 Å². The third-order valence-corrected chi connectivity index (χ3v) is 3.21. The summed E-state index contributed by atoms with van der Waals surface area (Å²) in [7, 11) is 2.92. The monoisotopic (exact) mass is 305 g/mol. The van der Waals surface area contributed by atoms with E-state index in [1.807, 2.05) is 19.1 Å². The Bertz CT molecular complexity index is 656. The van der Waals surface area contributed by atoms with Gasteiger partial charge in [0.15, 0.2) is 12.5 Å². The number of aromatic nitrogens is 1. The van der Waals surface area contributed by atoms with Crippen molar-refractivity contribution >= 4 is 16.9 Å². The number of rotatable bonds is 7. The first-order valence-corrected chi connectivity index (χ1v) is 6.85. The number of hydrogen-bond acceptors (Lipinski definition) is 6. The van der Waals surface area contributed by atoms with Gasteiger partial charge in [-0.3, -0.25) is 4.98 Å². The van der Waals surface area contributed by atoms with Gasteiger partial charge in [-0.15, -0.1) is 0 Å². The summed E-state index contributed by atoms with van der Waals surface area (Å²) >= 11 is 0. The van der Waals surface area contributed by atoms with Crippen molar-refractivity contribution in [1.82, 2.24) is 4.98 Å². The third-order valence-electron chi connectivity index (χ3n) is 3.21. The number of hydrogen-bond donors (Lipinski definition) is 0. The number of methoxy groups -OCH3 is 2. The Morgan fingerprint density at radius 3 is 2.73 bits per heavy atom. The zero-order valence-corrected chi connectivity index (χ0v) is 12.9. The molecule has 0 aliphatic heterocycles. The van der Waals surface area contributed by atoms with Crippen LogP contribution in [-0.2, 0) is 14.2 Å². The summed E-state index contributed by atoms with van der Waals surface area (Å²) < 4.78 is 20.6. The average molecular weight is 305 g/mol. The molecule has 0 amide bonds. The second-order valence-corrected chi connectivity index (χ2v) is 4.62. The summed E-state index contributed by atoms with van der Waals surface area (Å²) in [5.74, 6) is -0.109. The van der Waals surface area contributed by atoms with Crippen molar-refractivity contribution in [1.29, 1.82) is 0 Å². The van der Waals surface area contributed by atoms with Gasteiger partial charge in [-0.1, -0.05) is 6.07 Å². The van der Waals surface area contributed by atoms with Crippen LogP contribution in [0.3, 0.4) is 0 Å². The predicted octanol–water partition coefficient (Wildman–Crippen LogP) is 2.33. The number of ether oxygens (including phenoxy) is 4. The Morgan fingerprint density at radius 2 is 2.00 bits per heavy atom. The van der Waals surface area contributed by atoms with Crippen molar-refractivity contribution in [3.8, 4) is 5.75 Å². The lowest BCUT2D eigenvalue weighted by Crippen LogP contribution is -2.11. The van der Waals surface area contributed by atoms with Crippen molar-refractivity contribution in [2.24, 2.45) is 0 Å². The first-order chi connectivity index (χ1) is 10.7. The van der Waals surface area contributed by atoms with Crippen molar-refractivity contribution in [3.05, 3.63) is 35.5 Å². The maximum Gasteiger partial charge on any atom is 0.341 e. The van der Waals surface area contributed by atoms with E-state index in [2.05, 4.69) is 4.98 Å². The van der Waals surface area contributed by atoms with Crippen molar-refractivity contribution < 1.29 is 23.7 Å². The number of pyridine rings is 1. The lowest BCUT2D eigenvalue weighted by atomic mass is 10.1. The average Bonchev–Trinajstić information content (AvgIpc) is 2.54. The molecule has 118 valence electrons. The van der Waals surface area contributed by atoms with Crippen LogP contribution >= 0.6 is 0 Å². The van der Waals surface area contributed by atoms with E-state index >= 15 is 0 Å². The highest BCUT2D eigenvalue weighted by Gasteiger charge is 2.18. The molecule has 1 aromatic carbocycles. The molecule has 0 atom stereocenters. The first-order valence-electron chi connectivity index (χ1n) is 6.85. The second-order valence-electron chi connectivity index (χ2n) is 4.62. The summed E-state index contributed by atoms with van der Waals surface area (Å²) in [6.45, 7) is 2.85. The zero-order valence-electron chi connectivity index (χ0n) is 12.9. The first kappa shape index (κ1) is 16.2. The minimum atomic E-state index is -0.475. The van der Waals surface area contributed by atoms with Crippen LogP contribution in [-0.4, -0.2) is 45.2 Å². The van der Waals surface area contributed by atoms with E-state index in [9.17, 15) is 4.79 Å². The largest absolute Gasteiger partial charge is 0.465 e. The molecule has 0 aliphatic rings. The topological polar surface area (TPSA) is 66.9 Å². The van der Waals surface area contributed by atoms with E-state index in [1.54, 1.807) is 19.4 Å². The molecule has 22 heavy (non-hydrogen) atoms. The molecular formula is C16H19NO5. The van der Waals surface area contributed by atoms with Gasteiger partial charge in [0.2, 0.25) is 0 Å². The van der Waals surface area contributed by atoms with E-state index in [-0.39, 0.29) is 6.79 Å². The van der Waals surface area contributed by atoms with Crippen LogP contribution in [0.1, 0.15) is 15.9 Å². The summed E-state index contributed by atoms with van der Waals surface area (Å²) in [5, 5.41) is 0.919. The quantitative estimate of drug-likeness (QED) is 0.444. The molecule has 2 aromatic rings. The fourth-order valence-corrected chi connectivity index (χ4v) is 2.05.